The van der Waals surface area contributed by atoms with Crippen LogP contribution in [0.2, 0.25) is 0 Å². The Morgan fingerprint density at radius 1 is 1.18 bits per heavy atom. The fourth-order valence-corrected chi connectivity index (χ4v) is 3.38. The molecule has 1 fully saturated rings. The Balaban J connectivity index is 1.63. The largest absolute Gasteiger partial charge is 0.361 e. The van der Waals surface area contributed by atoms with Gasteiger partial charge in [0.25, 0.3) is 0 Å². The van der Waals surface area contributed by atoms with E-state index in [1.165, 1.54) is 11.1 Å². The lowest BCUT2D eigenvalue weighted by Crippen LogP contribution is -2.46. The molecule has 1 aliphatic rings. The second kappa shape index (κ2) is 6.38. The Labute approximate surface area is 139 Å². The summed E-state index contributed by atoms with van der Waals surface area (Å²) in [4.78, 5) is 9.39. The standard InChI is InChI=1S/C16H21BrN4O/c1-11-8-14(17)9-18-16(11)21-6-4-20(5-7-21)10-15-12(2)19-22-13(15)3/h8-9H,4-7,10H2,1-3H3. The lowest BCUT2D eigenvalue weighted by Gasteiger charge is -2.36. The maximum atomic E-state index is 5.25. The SMILES string of the molecule is Cc1cc(Br)cnc1N1CCN(Cc2c(C)noc2C)CC1. The summed E-state index contributed by atoms with van der Waals surface area (Å²) < 4.78 is 6.29. The Kier molecular flexibility index (Phi) is 4.49. The van der Waals surface area contributed by atoms with Gasteiger partial charge in [-0.3, -0.25) is 4.90 Å². The molecule has 0 amide bonds. The number of nitrogens with zero attached hydrogens (tertiary/aromatic N) is 4. The average molecular weight is 365 g/mol. The minimum atomic E-state index is 0.918. The molecule has 3 rings (SSSR count). The van der Waals surface area contributed by atoms with Crippen LogP contribution in [0.5, 0.6) is 0 Å². The minimum absolute atomic E-state index is 0.918. The lowest BCUT2D eigenvalue weighted by atomic mass is 10.1. The van der Waals surface area contributed by atoms with Gasteiger partial charge in [-0.05, 0) is 48.3 Å². The zero-order chi connectivity index (χ0) is 15.7. The summed E-state index contributed by atoms with van der Waals surface area (Å²) in [5.41, 5.74) is 3.45. The first kappa shape index (κ1) is 15.5. The fourth-order valence-electron chi connectivity index (χ4n) is 2.93. The predicted molar refractivity (Wildman–Crippen MR) is 90.1 cm³/mol. The highest BCUT2D eigenvalue weighted by Crippen LogP contribution is 2.23. The zero-order valence-electron chi connectivity index (χ0n) is 13.3. The molecule has 0 aromatic carbocycles. The zero-order valence-corrected chi connectivity index (χ0v) is 14.9. The van der Waals surface area contributed by atoms with Crippen LogP contribution in [-0.4, -0.2) is 41.2 Å². The van der Waals surface area contributed by atoms with Crippen molar-refractivity contribution >= 4 is 21.7 Å². The molecule has 22 heavy (non-hydrogen) atoms. The van der Waals surface area contributed by atoms with E-state index in [0.717, 1.165) is 54.5 Å². The van der Waals surface area contributed by atoms with Gasteiger partial charge in [0.15, 0.2) is 0 Å². The van der Waals surface area contributed by atoms with Gasteiger partial charge in [-0.1, -0.05) is 5.16 Å². The molecule has 0 N–H and O–H groups in total. The van der Waals surface area contributed by atoms with Crippen molar-refractivity contribution in [2.24, 2.45) is 0 Å². The molecule has 2 aromatic heterocycles. The van der Waals surface area contributed by atoms with E-state index >= 15 is 0 Å². The molecule has 0 bridgehead atoms. The number of rotatable bonds is 3. The van der Waals surface area contributed by atoms with Gasteiger partial charge in [-0.15, -0.1) is 0 Å². The highest BCUT2D eigenvalue weighted by Gasteiger charge is 2.21. The third kappa shape index (κ3) is 3.17. The summed E-state index contributed by atoms with van der Waals surface area (Å²) >= 11 is 3.47. The normalized spacial score (nSPS) is 16.3. The predicted octanol–water partition coefficient (Wildman–Crippen LogP) is 3.08. The molecule has 1 aliphatic heterocycles. The van der Waals surface area contributed by atoms with Crippen LogP contribution in [0.25, 0.3) is 0 Å². The van der Waals surface area contributed by atoms with Crippen LogP contribution >= 0.6 is 15.9 Å². The third-order valence-electron chi connectivity index (χ3n) is 4.25. The first-order valence-corrected chi connectivity index (χ1v) is 8.35. The molecule has 5 nitrogen and oxygen atoms in total. The molecule has 0 radical (unpaired) electrons. The number of hydrogen-bond donors (Lipinski definition) is 0. The van der Waals surface area contributed by atoms with Crippen LogP contribution in [0.4, 0.5) is 5.82 Å². The Morgan fingerprint density at radius 2 is 1.91 bits per heavy atom. The summed E-state index contributed by atoms with van der Waals surface area (Å²) in [5.74, 6) is 2.03. The maximum absolute atomic E-state index is 5.25. The molecule has 0 spiro atoms. The van der Waals surface area contributed by atoms with E-state index in [4.69, 9.17) is 4.52 Å². The van der Waals surface area contributed by atoms with Crippen molar-refractivity contribution in [2.45, 2.75) is 27.3 Å². The molecule has 2 aromatic rings. The maximum Gasteiger partial charge on any atom is 0.138 e. The summed E-state index contributed by atoms with van der Waals surface area (Å²) in [6.07, 6.45) is 1.87. The number of pyridine rings is 1. The van der Waals surface area contributed by atoms with Gasteiger partial charge in [0.1, 0.15) is 11.6 Å². The van der Waals surface area contributed by atoms with Crippen molar-refractivity contribution in [2.75, 3.05) is 31.1 Å². The molecule has 0 aliphatic carbocycles. The Morgan fingerprint density at radius 3 is 2.50 bits per heavy atom. The van der Waals surface area contributed by atoms with Gasteiger partial charge in [0, 0.05) is 49.0 Å². The van der Waals surface area contributed by atoms with Gasteiger partial charge in [-0.2, -0.15) is 0 Å². The van der Waals surface area contributed by atoms with Crippen LogP contribution < -0.4 is 4.90 Å². The summed E-state index contributed by atoms with van der Waals surface area (Å²) in [6, 6.07) is 2.12. The molecule has 0 unspecified atom stereocenters. The van der Waals surface area contributed by atoms with Gasteiger partial charge >= 0.3 is 0 Å². The van der Waals surface area contributed by atoms with E-state index in [0.29, 0.717) is 0 Å². The van der Waals surface area contributed by atoms with Crippen LogP contribution in [0, 0.1) is 20.8 Å². The van der Waals surface area contributed by atoms with Crippen LogP contribution in [0.1, 0.15) is 22.6 Å². The van der Waals surface area contributed by atoms with Crippen molar-refractivity contribution < 1.29 is 4.52 Å². The summed E-state index contributed by atoms with van der Waals surface area (Å²) in [6.45, 7) is 11.1. The molecule has 0 saturated carbocycles. The Hall–Kier alpha value is -1.40. The molecule has 0 atom stereocenters. The quantitative estimate of drug-likeness (QED) is 0.837. The minimum Gasteiger partial charge on any atom is -0.361 e. The molecule has 1 saturated heterocycles. The highest BCUT2D eigenvalue weighted by atomic mass is 79.9. The van der Waals surface area contributed by atoms with Crippen LogP contribution in [-0.2, 0) is 6.54 Å². The van der Waals surface area contributed by atoms with Gasteiger partial charge in [0.2, 0.25) is 0 Å². The van der Waals surface area contributed by atoms with Crippen molar-refractivity contribution in [1.82, 2.24) is 15.0 Å². The third-order valence-corrected chi connectivity index (χ3v) is 4.69. The smallest absolute Gasteiger partial charge is 0.138 e. The topological polar surface area (TPSA) is 45.4 Å². The van der Waals surface area contributed by atoms with E-state index in [-0.39, 0.29) is 0 Å². The number of halogens is 1. The van der Waals surface area contributed by atoms with E-state index in [1.54, 1.807) is 0 Å². The van der Waals surface area contributed by atoms with E-state index in [9.17, 15) is 0 Å². The number of aryl methyl sites for hydroxylation is 3. The van der Waals surface area contributed by atoms with Crippen molar-refractivity contribution in [1.29, 1.82) is 0 Å². The molecule has 118 valence electrons. The van der Waals surface area contributed by atoms with Gasteiger partial charge in [-0.25, -0.2) is 4.98 Å². The second-order valence-electron chi connectivity index (χ2n) is 5.86. The number of hydrogen-bond acceptors (Lipinski definition) is 5. The van der Waals surface area contributed by atoms with E-state index in [1.807, 2.05) is 20.0 Å². The second-order valence-corrected chi connectivity index (χ2v) is 6.78. The first-order chi connectivity index (χ1) is 10.5. The number of piperazine rings is 1. The molecule has 3 heterocycles. The van der Waals surface area contributed by atoms with E-state index < -0.39 is 0 Å². The molecular weight excluding hydrogens is 344 g/mol. The van der Waals surface area contributed by atoms with Crippen LogP contribution in [0.15, 0.2) is 21.3 Å². The fraction of sp³-hybridized carbons (Fsp3) is 0.500. The van der Waals surface area contributed by atoms with Crippen LogP contribution in [0.3, 0.4) is 0 Å². The van der Waals surface area contributed by atoms with E-state index in [2.05, 4.69) is 48.9 Å². The first-order valence-electron chi connectivity index (χ1n) is 7.56. The van der Waals surface area contributed by atoms with Crippen molar-refractivity contribution in [3.05, 3.63) is 39.3 Å². The highest BCUT2D eigenvalue weighted by molar-refractivity contribution is 9.10. The van der Waals surface area contributed by atoms with Crippen molar-refractivity contribution in [3.8, 4) is 0 Å². The molecular formula is C16H21BrN4O. The number of anilines is 1. The Bertz CT molecular complexity index is 643. The lowest BCUT2D eigenvalue weighted by molar-refractivity contribution is 0.247. The summed E-state index contributed by atoms with van der Waals surface area (Å²) in [7, 11) is 0. The monoisotopic (exact) mass is 364 g/mol. The average Bonchev–Trinajstić information content (AvgIpc) is 2.80. The summed E-state index contributed by atoms with van der Waals surface area (Å²) in [5, 5.41) is 4.04. The van der Waals surface area contributed by atoms with Gasteiger partial charge < -0.3 is 9.42 Å². The van der Waals surface area contributed by atoms with Crippen molar-refractivity contribution in [3.63, 3.8) is 0 Å². The van der Waals surface area contributed by atoms with Gasteiger partial charge in [0.05, 0.1) is 5.69 Å². The molecule has 6 heteroatoms. The number of aromatic nitrogens is 2.